The van der Waals surface area contributed by atoms with Crippen LogP contribution >= 0.6 is 0 Å². The number of sulfonamides is 1. The molecule has 4 aromatic carbocycles. The molecule has 188 valence electrons. The number of benzene rings is 4. The first-order valence-electron chi connectivity index (χ1n) is 11.7. The topological polar surface area (TPSA) is 104 Å². The maximum Gasteiger partial charge on any atom is 0.261 e. The quantitative estimate of drug-likeness (QED) is 0.288. The predicted octanol–water partition coefficient (Wildman–Crippen LogP) is 5.54. The Balaban J connectivity index is 1.52. The summed E-state index contributed by atoms with van der Waals surface area (Å²) in [6, 6.07) is 28.8. The highest BCUT2D eigenvalue weighted by Crippen LogP contribution is 2.23. The van der Waals surface area contributed by atoms with Crippen molar-refractivity contribution in [2.24, 2.45) is 0 Å². The van der Waals surface area contributed by atoms with Crippen molar-refractivity contribution < 1.29 is 18.0 Å². The van der Waals surface area contributed by atoms with Crippen LogP contribution in [0.1, 0.15) is 44.8 Å². The van der Waals surface area contributed by atoms with Gasteiger partial charge in [0.1, 0.15) is 0 Å². The fraction of sp³-hybridized carbons (Fsp3) is 0.103. The van der Waals surface area contributed by atoms with Crippen molar-refractivity contribution in [3.63, 3.8) is 0 Å². The van der Waals surface area contributed by atoms with E-state index in [2.05, 4.69) is 15.4 Å². The third-order valence-electron chi connectivity index (χ3n) is 5.86. The molecule has 8 heteroatoms. The van der Waals surface area contributed by atoms with E-state index in [9.17, 15) is 18.0 Å². The van der Waals surface area contributed by atoms with Crippen LogP contribution in [0.3, 0.4) is 0 Å². The maximum atomic E-state index is 13.1. The zero-order valence-corrected chi connectivity index (χ0v) is 21.3. The Kier molecular flexibility index (Phi) is 7.69. The summed E-state index contributed by atoms with van der Waals surface area (Å²) in [7, 11) is -3.82. The smallest absolute Gasteiger partial charge is 0.261 e. The Bertz CT molecular complexity index is 1520. The van der Waals surface area contributed by atoms with Gasteiger partial charge in [-0.25, -0.2) is 8.42 Å². The van der Waals surface area contributed by atoms with Crippen LogP contribution in [0.15, 0.2) is 108 Å². The predicted molar refractivity (Wildman–Crippen MR) is 145 cm³/mol. The van der Waals surface area contributed by atoms with Crippen LogP contribution in [0, 0.1) is 6.92 Å². The van der Waals surface area contributed by atoms with E-state index in [1.54, 1.807) is 61.5 Å². The van der Waals surface area contributed by atoms with Crippen molar-refractivity contribution in [3.8, 4) is 0 Å². The number of hydrogen-bond acceptors (Lipinski definition) is 4. The molecule has 0 saturated carbocycles. The van der Waals surface area contributed by atoms with Crippen LogP contribution in [-0.4, -0.2) is 20.2 Å². The molecule has 0 spiro atoms. The van der Waals surface area contributed by atoms with Gasteiger partial charge >= 0.3 is 0 Å². The molecule has 1 atom stereocenters. The van der Waals surface area contributed by atoms with Crippen molar-refractivity contribution in [1.82, 2.24) is 5.32 Å². The molecule has 0 fully saturated rings. The summed E-state index contributed by atoms with van der Waals surface area (Å²) in [6.07, 6.45) is 0. The zero-order valence-electron chi connectivity index (χ0n) is 20.4. The van der Waals surface area contributed by atoms with Gasteiger partial charge in [-0.15, -0.1) is 0 Å². The number of rotatable bonds is 8. The molecule has 0 bridgehead atoms. The Morgan fingerprint density at radius 2 is 1.35 bits per heavy atom. The van der Waals surface area contributed by atoms with E-state index in [0.717, 1.165) is 5.56 Å². The number of carbonyl (C=O) groups excluding carboxylic acids is 2. The molecule has 0 radical (unpaired) electrons. The van der Waals surface area contributed by atoms with E-state index in [-0.39, 0.29) is 22.4 Å². The molecule has 0 aliphatic heterocycles. The number of aryl methyl sites for hydroxylation is 1. The van der Waals surface area contributed by atoms with E-state index in [0.29, 0.717) is 22.5 Å². The lowest BCUT2D eigenvalue weighted by atomic mass is 10.1. The van der Waals surface area contributed by atoms with E-state index in [4.69, 9.17) is 0 Å². The SMILES string of the molecule is Cc1ccc(C(=O)Nc2ccccc2C(=O)N[C@H](C)c2ccccc2)cc1NS(=O)(=O)c1ccccc1. The second kappa shape index (κ2) is 11.1. The summed E-state index contributed by atoms with van der Waals surface area (Å²) in [5, 5.41) is 5.74. The summed E-state index contributed by atoms with van der Waals surface area (Å²) < 4.78 is 28.1. The number of para-hydroxylation sites is 1. The third-order valence-corrected chi connectivity index (χ3v) is 7.25. The van der Waals surface area contributed by atoms with Crippen molar-refractivity contribution in [3.05, 3.63) is 125 Å². The first-order valence-corrected chi connectivity index (χ1v) is 13.2. The zero-order chi connectivity index (χ0) is 26.4. The van der Waals surface area contributed by atoms with E-state index in [1.165, 1.54) is 18.2 Å². The van der Waals surface area contributed by atoms with Gasteiger partial charge in [0, 0.05) is 5.56 Å². The van der Waals surface area contributed by atoms with Crippen LogP contribution in [-0.2, 0) is 10.0 Å². The van der Waals surface area contributed by atoms with Gasteiger partial charge in [0.05, 0.1) is 27.9 Å². The van der Waals surface area contributed by atoms with Gasteiger partial charge in [0.25, 0.3) is 21.8 Å². The van der Waals surface area contributed by atoms with Crippen molar-refractivity contribution in [2.45, 2.75) is 24.8 Å². The molecule has 3 N–H and O–H groups in total. The summed E-state index contributed by atoms with van der Waals surface area (Å²) >= 11 is 0. The second-order valence-electron chi connectivity index (χ2n) is 8.55. The van der Waals surface area contributed by atoms with Crippen LogP contribution in [0.4, 0.5) is 11.4 Å². The highest BCUT2D eigenvalue weighted by atomic mass is 32.2. The Morgan fingerprint density at radius 3 is 2.05 bits per heavy atom. The minimum absolute atomic E-state index is 0.119. The number of hydrogen-bond donors (Lipinski definition) is 3. The highest BCUT2D eigenvalue weighted by molar-refractivity contribution is 7.92. The minimum atomic E-state index is -3.82. The lowest BCUT2D eigenvalue weighted by Gasteiger charge is -2.17. The largest absolute Gasteiger partial charge is 0.345 e. The monoisotopic (exact) mass is 513 g/mol. The van der Waals surface area contributed by atoms with Gasteiger partial charge in [-0.3, -0.25) is 14.3 Å². The summed E-state index contributed by atoms with van der Waals surface area (Å²) in [5.74, 6) is -0.802. The second-order valence-corrected chi connectivity index (χ2v) is 10.2. The van der Waals surface area contributed by atoms with Gasteiger partial charge in [-0.2, -0.15) is 0 Å². The van der Waals surface area contributed by atoms with E-state index < -0.39 is 15.9 Å². The normalized spacial score (nSPS) is 11.8. The molecule has 0 saturated heterocycles. The number of anilines is 2. The van der Waals surface area contributed by atoms with E-state index >= 15 is 0 Å². The molecular formula is C29H27N3O4S. The first kappa shape index (κ1) is 25.7. The van der Waals surface area contributed by atoms with Crippen LogP contribution in [0.2, 0.25) is 0 Å². The summed E-state index contributed by atoms with van der Waals surface area (Å²) in [6.45, 7) is 3.64. The standard InChI is InChI=1S/C29H27N3O4S/c1-20-17-18-23(19-27(20)32-37(35,36)24-13-7-4-8-14-24)28(33)31-26-16-10-9-15-25(26)29(34)30-21(2)22-11-5-3-6-12-22/h3-19,21,32H,1-2H3,(H,30,34)(H,31,33)/t21-/m1/s1. The number of nitrogens with one attached hydrogen (secondary N) is 3. The Morgan fingerprint density at radius 1 is 0.730 bits per heavy atom. The average Bonchev–Trinajstić information content (AvgIpc) is 2.91. The van der Waals surface area contributed by atoms with Crippen molar-refractivity contribution >= 4 is 33.2 Å². The van der Waals surface area contributed by atoms with Crippen molar-refractivity contribution in [2.75, 3.05) is 10.0 Å². The van der Waals surface area contributed by atoms with Gasteiger partial charge in [-0.05, 0) is 61.4 Å². The minimum Gasteiger partial charge on any atom is -0.345 e. The summed E-state index contributed by atoms with van der Waals surface area (Å²) in [5.41, 5.74) is 2.81. The Labute approximate surface area is 216 Å². The molecule has 0 aliphatic rings. The third kappa shape index (κ3) is 6.23. The maximum absolute atomic E-state index is 13.1. The van der Waals surface area contributed by atoms with Gasteiger partial charge in [0.15, 0.2) is 0 Å². The molecule has 4 rings (SSSR count). The molecule has 0 heterocycles. The van der Waals surface area contributed by atoms with Crippen LogP contribution in [0.25, 0.3) is 0 Å². The number of carbonyl (C=O) groups is 2. The average molecular weight is 514 g/mol. The molecule has 0 aliphatic carbocycles. The molecule has 0 aromatic heterocycles. The van der Waals surface area contributed by atoms with Crippen LogP contribution < -0.4 is 15.4 Å². The van der Waals surface area contributed by atoms with Gasteiger partial charge in [0.2, 0.25) is 0 Å². The lowest BCUT2D eigenvalue weighted by molar-refractivity contribution is 0.0940. The molecule has 37 heavy (non-hydrogen) atoms. The molecule has 0 unspecified atom stereocenters. The van der Waals surface area contributed by atoms with Gasteiger partial charge < -0.3 is 10.6 Å². The first-order chi connectivity index (χ1) is 17.7. The number of amides is 2. The van der Waals surface area contributed by atoms with E-state index in [1.807, 2.05) is 37.3 Å². The van der Waals surface area contributed by atoms with Crippen LogP contribution in [0.5, 0.6) is 0 Å². The molecule has 7 nitrogen and oxygen atoms in total. The fourth-order valence-corrected chi connectivity index (χ4v) is 4.90. The van der Waals surface area contributed by atoms with Gasteiger partial charge in [-0.1, -0.05) is 66.7 Å². The Hall–Kier alpha value is -4.43. The molecular weight excluding hydrogens is 486 g/mol. The molecule has 2 amide bonds. The summed E-state index contributed by atoms with van der Waals surface area (Å²) in [4.78, 5) is 26.2. The molecule has 4 aromatic rings. The van der Waals surface area contributed by atoms with Crippen molar-refractivity contribution in [1.29, 1.82) is 0 Å². The highest BCUT2D eigenvalue weighted by Gasteiger charge is 2.19. The fourth-order valence-electron chi connectivity index (χ4n) is 3.76. The lowest BCUT2D eigenvalue weighted by Crippen LogP contribution is -2.28.